The molecule has 2 aromatic rings. The molecule has 0 bridgehead atoms. The Bertz CT molecular complexity index is 634. The summed E-state index contributed by atoms with van der Waals surface area (Å²) in [7, 11) is 0. The molecule has 0 unspecified atom stereocenters. The molecule has 2 heterocycles. The maximum absolute atomic E-state index is 13.2. The van der Waals surface area contributed by atoms with E-state index in [4.69, 9.17) is 0 Å². The minimum absolute atomic E-state index is 0.413. The summed E-state index contributed by atoms with van der Waals surface area (Å²) in [5.74, 6) is -0.413. The first-order chi connectivity index (χ1) is 10.1. The highest BCUT2D eigenvalue weighted by atomic mass is 19.1. The van der Waals surface area contributed by atoms with Gasteiger partial charge in [-0.25, -0.2) is 4.98 Å². The van der Waals surface area contributed by atoms with E-state index in [0.29, 0.717) is 0 Å². The monoisotopic (exact) mass is 285 g/mol. The Balaban J connectivity index is 1.72. The molecule has 0 amide bonds. The van der Waals surface area contributed by atoms with Crippen LogP contribution in [-0.4, -0.2) is 31.2 Å². The Labute approximate surface area is 125 Å². The van der Waals surface area contributed by atoms with Crippen LogP contribution in [0.1, 0.15) is 11.1 Å². The summed E-state index contributed by atoms with van der Waals surface area (Å²) in [5, 5.41) is 0. The number of aromatic nitrogens is 1. The Kier molecular flexibility index (Phi) is 3.78. The van der Waals surface area contributed by atoms with Gasteiger partial charge in [-0.15, -0.1) is 0 Å². The molecule has 3 rings (SSSR count). The van der Waals surface area contributed by atoms with Crippen molar-refractivity contribution in [3.05, 3.63) is 53.6 Å². The van der Waals surface area contributed by atoms with Crippen molar-refractivity contribution in [3.63, 3.8) is 0 Å². The smallest absolute Gasteiger partial charge is 0.214 e. The number of pyridine rings is 1. The summed E-state index contributed by atoms with van der Waals surface area (Å²) in [6.45, 7) is 7.98. The SMILES string of the molecule is Cc1ccc(C)c(N2CCN(c3ccnc(F)c3)CC2)c1. The van der Waals surface area contributed by atoms with Crippen LogP contribution in [0.3, 0.4) is 0 Å². The third-order valence-corrected chi connectivity index (χ3v) is 4.06. The highest BCUT2D eigenvalue weighted by Crippen LogP contribution is 2.24. The van der Waals surface area contributed by atoms with E-state index in [-0.39, 0.29) is 0 Å². The fourth-order valence-corrected chi connectivity index (χ4v) is 2.85. The van der Waals surface area contributed by atoms with Crippen molar-refractivity contribution in [3.8, 4) is 0 Å². The van der Waals surface area contributed by atoms with Crippen LogP contribution in [0.25, 0.3) is 0 Å². The van der Waals surface area contributed by atoms with Gasteiger partial charge in [0, 0.05) is 49.8 Å². The van der Waals surface area contributed by atoms with Crippen LogP contribution in [0.5, 0.6) is 0 Å². The molecular weight excluding hydrogens is 265 g/mol. The van der Waals surface area contributed by atoms with Gasteiger partial charge in [-0.05, 0) is 37.1 Å². The minimum atomic E-state index is -0.413. The summed E-state index contributed by atoms with van der Waals surface area (Å²) in [5.41, 5.74) is 4.83. The molecule has 0 radical (unpaired) electrons. The molecule has 1 aliphatic rings. The number of nitrogens with zero attached hydrogens (tertiary/aromatic N) is 3. The highest BCUT2D eigenvalue weighted by Gasteiger charge is 2.19. The maximum atomic E-state index is 13.2. The second-order valence-electron chi connectivity index (χ2n) is 5.60. The van der Waals surface area contributed by atoms with E-state index in [2.05, 4.69) is 46.8 Å². The quantitative estimate of drug-likeness (QED) is 0.790. The number of benzene rings is 1. The van der Waals surface area contributed by atoms with Crippen LogP contribution < -0.4 is 9.80 Å². The second kappa shape index (κ2) is 5.72. The van der Waals surface area contributed by atoms with Gasteiger partial charge in [0.2, 0.25) is 5.95 Å². The van der Waals surface area contributed by atoms with Crippen LogP contribution in [-0.2, 0) is 0 Å². The number of anilines is 2. The molecule has 0 saturated carbocycles. The molecule has 3 nitrogen and oxygen atoms in total. The molecule has 1 aliphatic heterocycles. The van der Waals surface area contributed by atoms with E-state index in [1.807, 2.05) is 6.07 Å². The largest absolute Gasteiger partial charge is 0.368 e. The van der Waals surface area contributed by atoms with E-state index in [1.54, 1.807) is 0 Å². The van der Waals surface area contributed by atoms with Crippen molar-refractivity contribution in [2.45, 2.75) is 13.8 Å². The average Bonchev–Trinajstić information content (AvgIpc) is 2.50. The van der Waals surface area contributed by atoms with E-state index < -0.39 is 5.95 Å². The average molecular weight is 285 g/mol. The topological polar surface area (TPSA) is 19.4 Å². The first-order valence-electron chi connectivity index (χ1n) is 7.32. The molecule has 1 aromatic heterocycles. The highest BCUT2D eigenvalue weighted by molar-refractivity contribution is 5.56. The Hall–Kier alpha value is -2.10. The van der Waals surface area contributed by atoms with Gasteiger partial charge in [0.15, 0.2) is 0 Å². The van der Waals surface area contributed by atoms with Crippen LogP contribution in [0.15, 0.2) is 36.5 Å². The first kappa shape index (κ1) is 13.9. The number of hydrogen-bond donors (Lipinski definition) is 0. The van der Waals surface area contributed by atoms with Gasteiger partial charge in [-0.3, -0.25) is 0 Å². The van der Waals surface area contributed by atoms with Crippen molar-refractivity contribution in [1.82, 2.24) is 4.98 Å². The lowest BCUT2D eigenvalue weighted by molar-refractivity contribution is 0.580. The van der Waals surface area contributed by atoms with Gasteiger partial charge in [0.05, 0.1) is 0 Å². The molecule has 0 N–H and O–H groups in total. The van der Waals surface area contributed by atoms with Gasteiger partial charge >= 0.3 is 0 Å². The van der Waals surface area contributed by atoms with E-state index in [1.165, 1.54) is 29.1 Å². The van der Waals surface area contributed by atoms with Crippen LogP contribution in [0.2, 0.25) is 0 Å². The number of piperazine rings is 1. The van der Waals surface area contributed by atoms with Crippen molar-refractivity contribution in [2.24, 2.45) is 0 Å². The molecule has 21 heavy (non-hydrogen) atoms. The normalized spacial score (nSPS) is 15.4. The summed E-state index contributed by atoms with van der Waals surface area (Å²) >= 11 is 0. The minimum Gasteiger partial charge on any atom is -0.368 e. The molecular formula is C17H20FN3. The third kappa shape index (κ3) is 2.99. The molecule has 4 heteroatoms. The molecule has 110 valence electrons. The predicted octanol–water partition coefficient (Wildman–Crippen LogP) is 3.16. The summed E-state index contributed by atoms with van der Waals surface area (Å²) in [4.78, 5) is 8.24. The second-order valence-corrected chi connectivity index (χ2v) is 5.60. The molecule has 0 aliphatic carbocycles. The van der Waals surface area contributed by atoms with E-state index in [0.717, 1.165) is 31.9 Å². The molecule has 1 saturated heterocycles. The molecule has 1 fully saturated rings. The van der Waals surface area contributed by atoms with Crippen LogP contribution >= 0.6 is 0 Å². The van der Waals surface area contributed by atoms with Gasteiger partial charge in [-0.1, -0.05) is 12.1 Å². The first-order valence-corrected chi connectivity index (χ1v) is 7.32. The lowest BCUT2D eigenvalue weighted by atomic mass is 10.1. The Morgan fingerprint density at radius 2 is 1.67 bits per heavy atom. The predicted molar refractivity (Wildman–Crippen MR) is 84.5 cm³/mol. The summed E-state index contributed by atoms with van der Waals surface area (Å²) in [6.07, 6.45) is 1.53. The fraction of sp³-hybridized carbons (Fsp3) is 0.353. The summed E-state index contributed by atoms with van der Waals surface area (Å²) in [6, 6.07) is 9.95. The van der Waals surface area contributed by atoms with Gasteiger partial charge in [0.25, 0.3) is 0 Å². The zero-order chi connectivity index (χ0) is 14.8. The number of rotatable bonds is 2. The number of hydrogen-bond acceptors (Lipinski definition) is 3. The molecule has 0 atom stereocenters. The van der Waals surface area contributed by atoms with Crippen molar-refractivity contribution < 1.29 is 4.39 Å². The van der Waals surface area contributed by atoms with Gasteiger partial charge < -0.3 is 9.80 Å². The lowest BCUT2D eigenvalue weighted by Crippen LogP contribution is -2.46. The Morgan fingerprint density at radius 1 is 0.952 bits per heavy atom. The molecule has 1 aromatic carbocycles. The van der Waals surface area contributed by atoms with Crippen molar-refractivity contribution >= 4 is 11.4 Å². The molecule has 0 spiro atoms. The zero-order valence-corrected chi connectivity index (χ0v) is 12.5. The van der Waals surface area contributed by atoms with Crippen molar-refractivity contribution in [2.75, 3.05) is 36.0 Å². The zero-order valence-electron chi connectivity index (χ0n) is 12.5. The fourth-order valence-electron chi connectivity index (χ4n) is 2.85. The third-order valence-electron chi connectivity index (χ3n) is 4.06. The van der Waals surface area contributed by atoms with Crippen LogP contribution in [0, 0.1) is 19.8 Å². The lowest BCUT2D eigenvalue weighted by Gasteiger charge is -2.38. The van der Waals surface area contributed by atoms with Gasteiger partial charge in [0.1, 0.15) is 0 Å². The maximum Gasteiger partial charge on any atom is 0.214 e. The number of aryl methyl sites for hydroxylation is 2. The van der Waals surface area contributed by atoms with E-state index >= 15 is 0 Å². The summed E-state index contributed by atoms with van der Waals surface area (Å²) < 4.78 is 13.2. The van der Waals surface area contributed by atoms with Crippen LogP contribution in [0.4, 0.5) is 15.8 Å². The standard InChI is InChI=1S/C17H20FN3/c1-13-3-4-14(2)16(11-13)21-9-7-20(8-10-21)15-5-6-19-17(18)12-15/h3-6,11-12H,7-10H2,1-2H3. The van der Waals surface area contributed by atoms with E-state index in [9.17, 15) is 4.39 Å². The number of halogens is 1. The van der Waals surface area contributed by atoms with Crippen molar-refractivity contribution in [1.29, 1.82) is 0 Å². The van der Waals surface area contributed by atoms with Gasteiger partial charge in [-0.2, -0.15) is 4.39 Å². The Morgan fingerprint density at radius 3 is 2.38 bits per heavy atom.